The number of nitrogens with two attached hydrogens (primary N) is 1. The molecule has 1 aliphatic carbocycles. The van der Waals surface area contributed by atoms with Crippen molar-refractivity contribution in [3.8, 4) is 0 Å². The fraction of sp³-hybridized carbons (Fsp3) is 0.786. The molecule has 1 aromatic heterocycles. The first kappa shape index (κ1) is 18.4. The summed E-state index contributed by atoms with van der Waals surface area (Å²) in [5, 5.41) is 11.6. The lowest BCUT2D eigenvalue weighted by Gasteiger charge is -2.15. The molecule has 2 aliphatic rings. The Morgan fingerprint density at radius 1 is 1.48 bits per heavy atom. The van der Waals surface area contributed by atoms with Gasteiger partial charge in [-0.05, 0) is 12.8 Å². The van der Waals surface area contributed by atoms with Gasteiger partial charge in [0.1, 0.15) is 17.8 Å². The van der Waals surface area contributed by atoms with Gasteiger partial charge in [0.15, 0.2) is 5.96 Å². The van der Waals surface area contributed by atoms with Crippen molar-refractivity contribution >= 4 is 29.9 Å². The number of hydrogen-bond acceptors (Lipinski definition) is 5. The van der Waals surface area contributed by atoms with Crippen LogP contribution in [0.1, 0.15) is 37.4 Å². The summed E-state index contributed by atoms with van der Waals surface area (Å²) in [4.78, 5) is 4.34. The van der Waals surface area contributed by atoms with Crippen LogP contribution in [0.15, 0.2) is 11.2 Å². The van der Waals surface area contributed by atoms with E-state index in [1.54, 1.807) is 11.8 Å². The topological polar surface area (TPSA) is 99.6 Å². The molecule has 8 nitrogen and oxygen atoms in total. The molecular formula is C14H25IN6O2. The van der Waals surface area contributed by atoms with Crippen LogP contribution in [0.2, 0.25) is 0 Å². The van der Waals surface area contributed by atoms with Gasteiger partial charge in [-0.2, -0.15) is 0 Å². The maximum Gasteiger partial charge on any atom is 0.189 e. The molecule has 1 aromatic rings. The molecule has 1 saturated carbocycles. The van der Waals surface area contributed by atoms with E-state index in [0.29, 0.717) is 31.8 Å². The van der Waals surface area contributed by atoms with Gasteiger partial charge in [-0.25, -0.2) is 9.67 Å². The molecule has 2 fully saturated rings. The fourth-order valence-corrected chi connectivity index (χ4v) is 3.03. The van der Waals surface area contributed by atoms with E-state index < -0.39 is 0 Å². The van der Waals surface area contributed by atoms with E-state index in [4.69, 9.17) is 15.2 Å². The third kappa shape index (κ3) is 4.77. The third-order valence-corrected chi connectivity index (χ3v) is 4.32. The number of guanidine groups is 1. The first-order valence-corrected chi connectivity index (χ1v) is 7.84. The second-order valence-corrected chi connectivity index (χ2v) is 5.90. The Morgan fingerprint density at radius 3 is 3.00 bits per heavy atom. The van der Waals surface area contributed by atoms with E-state index in [-0.39, 0.29) is 36.1 Å². The molecule has 0 spiro atoms. The minimum Gasteiger partial charge on any atom is -0.377 e. The summed E-state index contributed by atoms with van der Waals surface area (Å²) in [6.07, 6.45) is 6.79. The van der Waals surface area contributed by atoms with Gasteiger partial charge in [0.05, 0.1) is 26.0 Å². The Hall–Kier alpha value is -0.940. The smallest absolute Gasteiger partial charge is 0.189 e. The lowest BCUT2D eigenvalue weighted by Crippen LogP contribution is -2.38. The molecule has 1 saturated heterocycles. The molecule has 23 heavy (non-hydrogen) atoms. The molecule has 9 heteroatoms. The number of ether oxygens (including phenoxy) is 2. The zero-order valence-corrected chi connectivity index (χ0v) is 15.7. The molecule has 0 radical (unpaired) electrons. The summed E-state index contributed by atoms with van der Waals surface area (Å²) in [5.41, 5.74) is 6.71. The fourth-order valence-electron chi connectivity index (χ4n) is 3.03. The van der Waals surface area contributed by atoms with Gasteiger partial charge in [0.2, 0.25) is 0 Å². The Labute approximate surface area is 153 Å². The predicted octanol–water partition coefficient (Wildman–Crippen LogP) is 0.829. The largest absolute Gasteiger partial charge is 0.377 e. The van der Waals surface area contributed by atoms with Crippen LogP contribution in [-0.4, -0.2) is 53.4 Å². The van der Waals surface area contributed by atoms with Crippen molar-refractivity contribution < 1.29 is 9.47 Å². The minimum absolute atomic E-state index is 0. The molecule has 2 heterocycles. The summed E-state index contributed by atoms with van der Waals surface area (Å²) >= 11 is 0. The standard InChI is InChI=1S/C14H24N6O2.HI/c1-21-13-9-22-8-12(13)20-7-11(18-19-20)6-16-14(15)17-10-4-2-3-5-10;/h7,10,12-13H,2-6,8-9H2,1H3,(H3,15,16,17);1H/t12-,13-;/m1./s1. The number of hydrogen-bond donors (Lipinski definition) is 2. The first-order valence-electron chi connectivity index (χ1n) is 7.84. The van der Waals surface area contributed by atoms with Crippen LogP contribution >= 0.6 is 24.0 Å². The Balaban J connectivity index is 0.00000192. The third-order valence-electron chi connectivity index (χ3n) is 4.32. The van der Waals surface area contributed by atoms with E-state index in [0.717, 1.165) is 5.69 Å². The van der Waals surface area contributed by atoms with Crippen LogP contribution in [0.5, 0.6) is 0 Å². The van der Waals surface area contributed by atoms with E-state index >= 15 is 0 Å². The summed E-state index contributed by atoms with van der Waals surface area (Å²) in [6, 6.07) is 0.543. The molecule has 1 aliphatic heterocycles. The minimum atomic E-state index is 0. The highest BCUT2D eigenvalue weighted by atomic mass is 127. The molecular weight excluding hydrogens is 411 g/mol. The zero-order valence-electron chi connectivity index (χ0n) is 13.4. The van der Waals surface area contributed by atoms with Crippen molar-refractivity contribution in [2.24, 2.45) is 10.7 Å². The van der Waals surface area contributed by atoms with Crippen molar-refractivity contribution in [3.05, 3.63) is 11.9 Å². The SMILES string of the molecule is CO[C@@H]1COC[C@H]1n1cc(CN=C(N)NC2CCCC2)nn1.I. The van der Waals surface area contributed by atoms with Gasteiger partial charge < -0.3 is 20.5 Å². The van der Waals surface area contributed by atoms with E-state index in [2.05, 4.69) is 20.6 Å². The van der Waals surface area contributed by atoms with Crippen LogP contribution in [0.25, 0.3) is 0 Å². The zero-order chi connectivity index (χ0) is 15.4. The van der Waals surface area contributed by atoms with Gasteiger partial charge in [-0.15, -0.1) is 29.1 Å². The number of nitrogens with one attached hydrogen (secondary N) is 1. The van der Waals surface area contributed by atoms with Gasteiger partial charge in [0, 0.05) is 13.2 Å². The van der Waals surface area contributed by atoms with Crippen LogP contribution in [0, 0.1) is 0 Å². The van der Waals surface area contributed by atoms with Crippen LogP contribution in [0.3, 0.4) is 0 Å². The lowest BCUT2D eigenvalue weighted by molar-refractivity contribution is 0.0661. The van der Waals surface area contributed by atoms with Crippen molar-refractivity contribution in [1.29, 1.82) is 0 Å². The van der Waals surface area contributed by atoms with E-state index in [1.165, 1.54) is 25.7 Å². The monoisotopic (exact) mass is 436 g/mol. The number of methoxy groups -OCH3 is 1. The number of nitrogens with zero attached hydrogens (tertiary/aromatic N) is 4. The maximum atomic E-state index is 5.92. The Kier molecular flexibility index (Phi) is 7.03. The number of aliphatic imine (C=N–C) groups is 1. The second kappa shape index (κ2) is 8.78. The second-order valence-electron chi connectivity index (χ2n) is 5.90. The molecule has 0 unspecified atom stereocenters. The van der Waals surface area contributed by atoms with Crippen LogP contribution in [0.4, 0.5) is 0 Å². The molecule has 0 aromatic carbocycles. The number of halogens is 1. The van der Waals surface area contributed by atoms with Crippen molar-refractivity contribution in [1.82, 2.24) is 20.3 Å². The van der Waals surface area contributed by atoms with Gasteiger partial charge in [-0.3, -0.25) is 0 Å². The lowest BCUT2D eigenvalue weighted by atomic mass is 10.2. The van der Waals surface area contributed by atoms with Gasteiger partial charge in [-0.1, -0.05) is 18.1 Å². The Bertz CT molecular complexity index is 517. The van der Waals surface area contributed by atoms with Crippen molar-refractivity contribution in [2.75, 3.05) is 20.3 Å². The van der Waals surface area contributed by atoms with Crippen molar-refractivity contribution in [3.63, 3.8) is 0 Å². The summed E-state index contributed by atoms with van der Waals surface area (Å²) in [5.74, 6) is 0.486. The molecule has 2 atom stereocenters. The first-order chi connectivity index (χ1) is 10.8. The highest BCUT2D eigenvalue weighted by Crippen LogP contribution is 2.21. The van der Waals surface area contributed by atoms with Crippen LogP contribution < -0.4 is 11.1 Å². The molecule has 0 bridgehead atoms. The van der Waals surface area contributed by atoms with E-state index in [1.807, 2.05) is 6.20 Å². The van der Waals surface area contributed by atoms with Crippen molar-refractivity contribution in [2.45, 2.75) is 50.4 Å². The normalized spacial score (nSPS) is 25.5. The number of aromatic nitrogens is 3. The summed E-state index contributed by atoms with van der Waals surface area (Å²) in [6.45, 7) is 1.61. The van der Waals surface area contributed by atoms with Crippen LogP contribution in [-0.2, 0) is 16.0 Å². The quantitative estimate of drug-likeness (QED) is 0.403. The Morgan fingerprint density at radius 2 is 2.26 bits per heavy atom. The molecule has 0 amide bonds. The van der Waals surface area contributed by atoms with Gasteiger partial charge in [0.25, 0.3) is 0 Å². The average molecular weight is 436 g/mol. The highest BCUT2D eigenvalue weighted by molar-refractivity contribution is 14.0. The molecule has 3 N–H and O–H groups in total. The maximum absolute atomic E-state index is 5.92. The average Bonchev–Trinajstić information content (AvgIpc) is 3.25. The summed E-state index contributed by atoms with van der Waals surface area (Å²) < 4.78 is 12.6. The highest BCUT2D eigenvalue weighted by Gasteiger charge is 2.30. The number of rotatable bonds is 5. The molecule has 3 rings (SSSR count). The predicted molar refractivity (Wildman–Crippen MR) is 96.8 cm³/mol. The summed E-state index contributed by atoms with van der Waals surface area (Å²) in [7, 11) is 1.68. The van der Waals surface area contributed by atoms with E-state index in [9.17, 15) is 0 Å². The molecule has 130 valence electrons. The van der Waals surface area contributed by atoms with Gasteiger partial charge >= 0.3 is 0 Å².